The Morgan fingerprint density at radius 1 is 0.632 bits per heavy atom. The van der Waals surface area contributed by atoms with E-state index < -0.39 is 38.4 Å². The maximum absolute atomic E-state index is 12.3. The summed E-state index contributed by atoms with van der Waals surface area (Å²) in [5.41, 5.74) is 2.68. The Hall–Kier alpha value is -2.60. The minimum absolute atomic E-state index is 0.106. The van der Waals surface area contributed by atoms with Gasteiger partial charge in [-0.1, -0.05) is 91.0 Å². The van der Waals surface area contributed by atoms with E-state index in [1.54, 1.807) is 0 Å². The molecule has 0 heterocycles. The van der Waals surface area contributed by atoms with Gasteiger partial charge in [-0.3, -0.25) is 8.37 Å². The normalized spacial score (nSPS) is 14.6. The first-order valence-electron chi connectivity index (χ1n) is 12.1. The molecule has 3 rings (SSSR count). The molecule has 0 saturated heterocycles. The molecule has 3 aromatic carbocycles. The van der Waals surface area contributed by atoms with Crippen molar-refractivity contribution in [2.24, 2.45) is 5.92 Å². The molecule has 206 valence electrons. The highest BCUT2D eigenvalue weighted by atomic mass is 32.2. The Balaban J connectivity index is 1.92. The molecular formula is C28H34O8S2. The number of rotatable bonds is 16. The van der Waals surface area contributed by atoms with E-state index >= 15 is 0 Å². The third-order valence-corrected chi connectivity index (χ3v) is 6.81. The third kappa shape index (κ3) is 11.4. The molecule has 10 heteroatoms. The van der Waals surface area contributed by atoms with Crippen molar-refractivity contribution in [3.8, 4) is 0 Å². The van der Waals surface area contributed by atoms with Crippen LogP contribution in [0.25, 0.3) is 0 Å². The summed E-state index contributed by atoms with van der Waals surface area (Å²) in [6, 6.07) is 28.3. The molecule has 3 atom stereocenters. The summed E-state index contributed by atoms with van der Waals surface area (Å²) in [5.74, 6) is -0.581. The van der Waals surface area contributed by atoms with E-state index in [2.05, 4.69) is 0 Å². The van der Waals surface area contributed by atoms with E-state index in [1.165, 1.54) is 0 Å². The molecule has 8 nitrogen and oxygen atoms in total. The highest BCUT2D eigenvalue weighted by Crippen LogP contribution is 2.24. The minimum atomic E-state index is -3.92. The van der Waals surface area contributed by atoms with Crippen LogP contribution in [0.15, 0.2) is 91.0 Å². The van der Waals surface area contributed by atoms with Crippen molar-refractivity contribution in [2.75, 3.05) is 25.7 Å². The summed E-state index contributed by atoms with van der Waals surface area (Å²) in [4.78, 5) is 0. The van der Waals surface area contributed by atoms with Crippen molar-refractivity contribution < 1.29 is 34.7 Å². The predicted molar refractivity (Wildman–Crippen MR) is 145 cm³/mol. The van der Waals surface area contributed by atoms with Crippen LogP contribution in [0.3, 0.4) is 0 Å². The lowest BCUT2D eigenvalue weighted by Gasteiger charge is -2.33. The Bertz CT molecular complexity index is 1300. The lowest BCUT2D eigenvalue weighted by atomic mass is 9.91. The smallest absolute Gasteiger partial charge is 0.264 e. The average Bonchev–Trinajstić information content (AvgIpc) is 2.87. The van der Waals surface area contributed by atoms with Crippen LogP contribution in [0.2, 0.25) is 0 Å². The summed E-state index contributed by atoms with van der Waals surface area (Å²) in [7, 11) is -7.69. The van der Waals surface area contributed by atoms with E-state index in [4.69, 9.17) is 17.8 Å². The van der Waals surface area contributed by atoms with Gasteiger partial charge in [-0.05, 0) is 23.1 Å². The Morgan fingerprint density at radius 2 is 1.13 bits per heavy atom. The molecule has 0 fully saturated rings. The first kappa shape index (κ1) is 29.9. The fraction of sp³-hybridized carbons (Fsp3) is 0.357. The second kappa shape index (κ2) is 14.5. The van der Waals surface area contributed by atoms with Gasteiger partial charge in [-0.2, -0.15) is 16.8 Å². The summed E-state index contributed by atoms with van der Waals surface area (Å²) in [5, 5.41) is 0. The molecule has 0 N–H and O–H groups in total. The lowest BCUT2D eigenvalue weighted by molar-refractivity contribution is -0.0982. The van der Waals surface area contributed by atoms with Crippen LogP contribution in [0.5, 0.6) is 0 Å². The summed E-state index contributed by atoms with van der Waals surface area (Å²) in [6.45, 7) is 0.0537. The van der Waals surface area contributed by atoms with E-state index in [0.717, 1.165) is 29.2 Å². The maximum Gasteiger partial charge on any atom is 0.264 e. The van der Waals surface area contributed by atoms with Gasteiger partial charge in [0.1, 0.15) is 6.10 Å². The molecule has 0 bridgehead atoms. The maximum atomic E-state index is 12.3. The first-order valence-corrected chi connectivity index (χ1v) is 15.8. The van der Waals surface area contributed by atoms with E-state index in [9.17, 15) is 16.8 Å². The molecular weight excluding hydrogens is 528 g/mol. The van der Waals surface area contributed by atoms with Gasteiger partial charge in [-0.25, -0.2) is 0 Å². The van der Waals surface area contributed by atoms with Gasteiger partial charge >= 0.3 is 0 Å². The molecule has 0 spiro atoms. The molecule has 3 aromatic rings. The predicted octanol–water partition coefficient (Wildman–Crippen LogP) is 3.97. The molecule has 0 radical (unpaired) electrons. The second-order valence-corrected chi connectivity index (χ2v) is 12.3. The summed E-state index contributed by atoms with van der Waals surface area (Å²) in [6.07, 6.45) is 0.347. The van der Waals surface area contributed by atoms with E-state index in [1.807, 2.05) is 91.0 Å². The molecule has 0 aliphatic rings. The Labute approximate surface area is 225 Å². The molecule has 0 aliphatic heterocycles. The standard InChI is InChI=1S/C28H34O8S2/c1-37(29,30)35-21-26(18-23-12-6-3-7-13-23)28(34-20-25-16-10-5-11-17-25)27(36-38(2,31)32)22-33-19-24-14-8-4-9-15-24/h3-17,26-28H,18-22H2,1-2H3/t26?,27-,28+/m0/s1. The van der Waals surface area contributed by atoms with Crippen molar-refractivity contribution in [3.63, 3.8) is 0 Å². The van der Waals surface area contributed by atoms with Crippen LogP contribution in [0.4, 0.5) is 0 Å². The number of ether oxygens (including phenoxy) is 2. The molecule has 0 aromatic heterocycles. The van der Waals surface area contributed by atoms with Crippen LogP contribution >= 0.6 is 0 Å². The molecule has 38 heavy (non-hydrogen) atoms. The Kier molecular flexibility index (Phi) is 11.4. The monoisotopic (exact) mass is 562 g/mol. The highest BCUT2D eigenvalue weighted by Gasteiger charge is 2.35. The minimum Gasteiger partial charge on any atom is -0.374 e. The van der Waals surface area contributed by atoms with Crippen LogP contribution in [-0.2, 0) is 57.7 Å². The zero-order valence-electron chi connectivity index (χ0n) is 21.5. The number of benzene rings is 3. The van der Waals surface area contributed by atoms with Crippen LogP contribution in [0, 0.1) is 5.92 Å². The first-order chi connectivity index (χ1) is 18.1. The molecule has 1 unspecified atom stereocenters. The van der Waals surface area contributed by atoms with Crippen molar-refractivity contribution in [2.45, 2.75) is 31.8 Å². The van der Waals surface area contributed by atoms with Gasteiger partial charge in [0.15, 0.2) is 0 Å². The van der Waals surface area contributed by atoms with Crippen LogP contribution in [-0.4, -0.2) is 54.8 Å². The topological polar surface area (TPSA) is 105 Å². The van der Waals surface area contributed by atoms with Crippen molar-refractivity contribution in [3.05, 3.63) is 108 Å². The van der Waals surface area contributed by atoms with Crippen molar-refractivity contribution in [1.29, 1.82) is 0 Å². The van der Waals surface area contributed by atoms with Gasteiger partial charge in [0, 0.05) is 5.92 Å². The number of hydrogen-bond acceptors (Lipinski definition) is 8. The summed E-state index contributed by atoms with van der Waals surface area (Å²) >= 11 is 0. The van der Waals surface area contributed by atoms with E-state index in [0.29, 0.717) is 6.42 Å². The van der Waals surface area contributed by atoms with Gasteiger partial charge in [0.25, 0.3) is 20.2 Å². The Morgan fingerprint density at radius 3 is 1.63 bits per heavy atom. The van der Waals surface area contributed by atoms with E-state index in [-0.39, 0.29) is 26.4 Å². The largest absolute Gasteiger partial charge is 0.374 e. The zero-order chi connectivity index (χ0) is 27.4. The van der Waals surface area contributed by atoms with Gasteiger partial charge < -0.3 is 9.47 Å². The molecule has 0 aliphatic carbocycles. The van der Waals surface area contributed by atoms with Crippen LogP contribution in [0.1, 0.15) is 16.7 Å². The lowest BCUT2D eigenvalue weighted by Crippen LogP contribution is -2.44. The highest BCUT2D eigenvalue weighted by molar-refractivity contribution is 7.86. The second-order valence-electron chi connectivity index (χ2n) is 9.04. The quantitative estimate of drug-likeness (QED) is 0.242. The molecule has 0 amide bonds. The fourth-order valence-electron chi connectivity index (χ4n) is 3.98. The fourth-order valence-corrected chi connectivity index (χ4v) is 5.02. The van der Waals surface area contributed by atoms with Crippen molar-refractivity contribution >= 4 is 20.2 Å². The van der Waals surface area contributed by atoms with Gasteiger partial charge in [0.05, 0.1) is 45.0 Å². The summed E-state index contributed by atoms with van der Waals surface area (Å²) < 4.78 is 71.3. The zero-order valence-corrected chi connectivity index (χ0v) is 23.1. The number of hydrogen-bond donors (Lipinski definition) is 0. The van der Waals surface area contributed by atoms with Crippen molar-refractivity contribution in [1.82, 2.24) is 0 Å². The third-order valence-electron chi connectivity index (χ3n) is 5.65. The average molecular weight is 563 g/mol. The van der Waals surface area contributed by atoms with Gasteiger partial charge in [0.2, 0.25) is 0 Å². The SMILES string of the molecule is CS(=O)(=O)OCC(Cc1ccccc1)[C@@H](OCc1ccccc1)[C@H](COCc1ccccc1)OS(C)(=O)=O. The van der Waals surface area contributed by atoms with Gasteiger partial charge in [-0.15, -0.1) is 0 Å². The van der Waals surface area contributed by atoms with Crippen LogP contribution < -0.4 is 0 Å². The molecule has 0 saturated carbocycles.